The third-order valence-electron chi connectivity index (χ3n) is 5.21. The molecule has 3 atom stereocenters. The Hall–Kier alpha value is -1.28. The van der Waals surface area contributed by atoms with Crippen LogP contribution < -0.4 is 5.32 Å². The van der Waals surface area contributed by atoms with Crippen LogP contribution in [0, 0.1) is 17.8 Å². The molecule has 2 heteroatoms. The predicted octanol–water partition coefficient (Wildman–Crippen LogP) is 4.72. The van der Waals surface area contributed by atoms with E-state index in [1.165, 1.54) is 35.7 Å². The van der Waals surface area contributed by atoms with E-state index in [2.05, 4.69) is 55.3 Å². The molecule has 1 fully saturated rings. The first-order valence-electron chi connectivity index (χ1n) is 8.43. The van der Waals surface area contributed by atoms with E-state index < -0.39 is 0 Å². The van der Waals surface area contributed by atoms with Crippen LogP contribution in [0.15, 0.2) is 30.5 Å². The zero-order valence-electron chi connectivity index (χ0n) is 13.5. The minimum Gasteiger partial charge on any atom is -0.361 e. The lowest BCUT2D eigenvalue weighted by atomic mass is 9.74. The van der Waals surface area contributed by atoms with E-state index in [0.29, 0.717) is 6.04 Å². The van der Waals surface area contributed by atoms with Gasteiger partial charge in [-0.3, -0.25) is 0 Å². The summed E-state index contributed by atoms with van der Waals surface area (Å²) in [6, 6.07) is 9.54. The van der Waals surface area contributed by atoms with Crippen molar-refractivity contribution < 1.29 is 0 Å². The monoisotopic (exact) mass is 284 g/mol. The van der Waals surface area contributed by atoms with Crippen LogP contribution in [0.5, 0.6) is 0 Å². The Morgan fingerprint density at radius 1 is 1.24 bits per heavy atom. The van der Waals surface area contributed by atoms with Crippen LogP contribution in [-0.4, -0.2) is 11.0 Å². The van der Waals surface area contributed by atoms with Crippen LogP contribution in [0.25, 0.3) is 10.9 Å². The molecular formula is C19H28N2. The summed E-state index contributed by atoms with van der Waals surface area (Å²) >= 11 is 0. The van der Waals surface area contributed by atoms with Gasteiger partial charge in [-0.1, -0.05) is 39.3 Å². The van der Waals surface area contributed by atoms with E-state index in [0.717, 1.165) is 24.3 Å². The van der Waals surface area contributed by atoms with Gasteiger partial charge < -0.3 is 10.3 Å². The molecule has 0 saturated heterocycles. The highest BCUT2D eigenvalue weighted by atomic mass is 14.9. The van der Waals surface area contributed by atoms with E-state index in [9.17, 15) is 0 Å². The third kappa shape index (κ3) is 3.32. The highest BCUT2D eigenvalue weighted by Gasteiger charge is 2.30. The van der Waals surface area contributed by atoms with E-state index in [1.54, 1.807) is 0 Å². The fourth-order valence-electron chi connectivity index (χ4n) is 3.89. The molecule has 2 N–H and O–H groups in total. The van der Waals surface area contributed by atoms with Crippen molar-refractivity contribution in [1.29, 1.82) is 0 Å². The molecule has 0 aliphatic heterocycles. The van der Waals surface area contributed by atoms with Crippen molar-refractivity contribution in [3.63, 3.8) is 0 Å². The number of aromatic nitrogens is 1. The number of aromatic amines is 1. The summed E-state index contributed by atoms with van der Waals surface area (Å²) < 4.78 is 0. The second-order valence-electron chi connectivity index (χ2n) is 7.21. The van der Waals surface area contributed by atoms with E-state index in [-0.39, 0.29) is 0 Å². The molecule has 1 aromatic heterocycles. The number of fused-ring (bicyclic) bond motifs is 1. The Labute approximate surface area is 128 Å². The standard InChI is InChI=1S/C19H28N2/c1-13(2)17-7-4-14(3)10-19(17)21-12-15-5-6-16-8-9-20-18(16)11-15/h5-6,8-9,11,13-14,17,19-21H,4,7,10,12H2,1-3H3. The SMILES string of the molecule is CC1CCC(C(C)C)C(NCc2ccc3cc[nH]c3c2)C1. The maximum Gasteiger partial charge on any atom is 0.0457 e. The van der Waals surface area contributed by atoms with Gasteiger partial charge >= 0.3 is 0 Å². The minimum atomic E-state index is 0.674. The number of nitrogens with one attached hydrogen (secondary N) is 2. The van der Waals surface area contributed by atoms with Gasteiger partial charge in [0.25, 0.3) is 0 Å². The average Bonchev–Trinajstić information content (AvgIpc) is 2.92. The van der Waals surface area contributed by atoms with Crippen LogP contribution in [-0.2, 0) is 6.54 Å². The first kappa shape index (κ1) is 14.6. The molecule has 2 nitrogen and oxygen atoms in total. The summed E-state index contributed by atoms with van der Waals surface area (Å²) in [6.07, 6.45) is 6.12. The molecule has 1 aliphatic rings. The minimum absolute atomic E-state index is 0.674. The van der Waals surface area contributed by atoms with Gasteiger partial charge in [0.2, 0.25) is 0 Å². The quantitative estimate of drug-likeness (QED) is 0.835. The van der Waals surface area contributed by atoms with Gasteiger partial charge in [-0.2, -0.15) is 0 Å². The van der Waals surface area contributed by atoms with Gasteiger partial charge in [-0.15, -0.1) is 0 Å². The number of hydrogen-bond acceptors (Lipinski definition) is 1. The summed E-state index contributed by atoms with van der Waals surface area (Å²) in [5.41, 5.74) is 2.62. The summed E-state index contributed by atoms with van der Waals surface area (Å²) in [4.78, 5) is 3.30. The van der Waals surface area contributed by atoms with Crippen molar-refractivity contribution in [2.75, 3.05) is 0 Å². The van der Waals surface area contributed by atoms with E-state index in [1.807, 2.05) is 6.20 Å². The molecule has 114 valence electrons. The number of rotatable bonds is 4. The van der Waals surface area contributed by atoms with E-state index in [4.69, 9.17) is 0 Å². The molecule has 1 aromatic carbocycles. The molecular weight excluding hydrogens is 256 g/mol. The van der Waals surface area contributed by atoms with Crippen LogP contribution in [0.3, 0.4) is 0 Å². The number of hydrogen-bond donors (Lipinski definition) is 2. The Bertz CT molecular complexity index is 584. The van der Waals surface area contributed by atoms with Crippen LogP contribution in [0.1, 0.15) is 45.6 Å². The van der Waals surface area contributed by atoms with Gasteiger partial charge in [0.1, 0.15) is 0 Å². The van der Waals surface area contributed by atoms with Crippen molar-refractivity contribution in [3.8, 4) is 0 Å². The maximum atomic E-state index is 3.84. The highest BCUT2D eigenvalue weighted by Crippen LogP contribution is 2.33. The van der Waals surface area contributed by atoms with Gasteiger partial charge in [-0.05, 0) is 53.7 Å². The number of benzene rings is 1. The van der Waals surface area contributed by atoms with E-state index >= 15 is 0 Å². The topological polar surface area (TPSA) is 27.8 Å². The molecule has 0 bridgehead atoms. The lowest BCUT2D eigenvalue weighted by Crippen LogP contribution is -2.42. The molecule has 0 spiro atoms. The van der Waals surface area contributed by atoms with Gasteiger partial charge in [-0.25, -0.2) is 0 Å². The second kappa shape index (κ2) is 6.23. The average molecular weight is 284 g/mol. The molecule has 1 aliphatic carbocycles. The van der Waals surface area contributed by atoms with Crippen LogP contribution in [0.4, 0.5) is 0 Å². The Morgan fingerprint density at radius 2 is 2.10 bits per heavy atom. The normalized spacial score (nSPS) is 26.6. The zero-order valence-corrected chi connectivity index (χ0v) is 13.5. The Balaban J connectivity index is 1.66. The molecule has 3 rings (SSSR count). The van der Waals surface area contributed by atoms with Crippen molar-refractivity contribution in [2.45, 2.75) is 52.6 Å². The lowest BCUT2D eigenvalue weighted by molar-refractivity contribution is 0.169. The largest absolute Gasteiger partial charge is 0.361 e. The second-order valence-corrected chi connectivity index (χ2v) is 7.21. The van der Waals surface area contributed by atoms with Crippen molar-refractivity contribution in [3.05, 3.63) is 36.0 Å². The molecule has 0 radical (unpaired) electrons. The van der Waals surface area contributed by atoms with Crippen LogP contribution >= 0.6 is 0 Å². The number of H-pyrrole nitrogens is 1. The lowest BCUT2D eigenvalue weighted by Gasteiger charge is -2.38. The highest BCUT2D eigenvalue weighted by molar-refractivity contribution is 5.79. The van der Waals surface area contributed by atoms with Crippen molar-refractivity contribution in [1.82, 2.24) is 10.3 Å². The fraction of sp³-hybridized carbons (Fsp3) is 0.579. The molecule has 1 saturated carbocycles. The molecule has 0 amide bonds. The maximum absolute atomic E-state index is 3.84. The zero-order chi connectivity index (χ0) is 14.8. The molecule has 3 unspecified atom stereocenters. The summed E-state index contributed by atoms with van der Waals surface area (Å²) in [6.45, 7) is 8.13. The van der Waals surface area contributed by atoms with Gasteiger partial charge in [0.05, 0.1) is 0 Å². The van der Waals surface area contributed by atoms with Crippen LogP contribution in [0.2, 0.25) is 0 Å². The molecule has 21 heavy (non-hydrogen) atoms. The first-order chi connectivity index (χ1) is 10.1. The summed E-state index contributed by atoms with van der Waals surface area (Å²) in [5, 5.41) is 5.14. The predicted molar refractivity (Wildman–Crippen MR) is 90.3 cm³/mol. The summed E-state index contributed by atoms with van der Waals surface area (Å²) in [7, 11) is 0. The third-order valence-corrected chi connectivity index (χ3v) is 5.21. The molecule has 2 aromatic rings. The van der Waals surface area contributed by atoms with Gasteiger partial charge in [0.15, 0.2) is 0 Å². The Kier molecular flexibility index (Phi) is 4.34. The van der Waals surface area contributed by atoms with Gasteiger partial charge in [0, 0.05) is 24.3 Å². The Morgan fingerprint density at radius 3 is 2.90 bits per heavy atom. The first-order valence-corrected chi connectivity index (χ1v) is 8.43. The summed E-state index contributed by atoms with van der Waals surface area (Å²) in [5.74, 6) is 2.47. The molecule has 1 heterocycles. The van der Waals surface area contributed by atoms with Crippen molar-refractivity contribution >= 4 is 10.9 Å². The fourth-order valence-corrected chi connectivity index (χ4v) is 3.89. The van der Waals surface area contributed by atoms with Crippen molar-refractivity contribution in [2.24, 2.45) is 17.8 Å². The smallest absolute Gasteiger partial charge is 0.0457 e.